The maximum atomic E-state index is 11.7. The molecular weight excluding hydrogens is 254 g/mol. The van der Waals surface area contributed by atoms with E-state index in [2.05, 4.69) is 10.3 Å². The molecule has 0 aromatic carbocycles. The van der Waals surface area contributed by atoms with Crippen LogP contribution in [0.5, 0.6) is 0 Å². The molecule has 0 aliphatic carbocycles. The molecule has 0 unspecified atom stereocenters. The van der Waals surface area contributed by atoms with Gasteiger partial charge >= 0.3 is 6.09 Å². The Kier molecular flexibility index (Phi) is 5.95. The topological polar surface area (TPSA) is 54.5 Å². The summed E-state index contributed by atoms with van der Waals surface area (Å²) < 4.78 is 5.28. The second-order valence-electron chi connectivity index (χ2n) is 5.89. The van der Waals surface area contributed by atoms with Crippen LogP contribution in [0.1, 0.15) is 32.0 Å². The van der Waals surface area contributed by atoms with Crippen LogP contribution in [0.2, 0.25) is 0 Å². The summed E-state index contributed by atoms with van der Waals surface area (Å²) in [6, 6.07) is 4.04. The van der Waals surface area contributed by atoms with Gasteiger partial charge in [0.2, 0.25) is 0 Å². The Morgan fingerprint density at radius 2 is 2.10 bits per heavy atom. The Labute approximate surface area is 121 Å². The fraction of sp³-hybridized carbons (Fsp3) is 0.600. The van der Waals surface area contributed by atoms with Gasteiger partial charge in [-0.2, -0.15) is 0 Å². The van der Waals surface area contributed by atoms with Crippen LogP contribution in [0.15, 0.2) is 18.3 Å². The lowest BCUT2D eigenvalue weighted by Crippen LogP contribution is -2.37. The standard InChI is InChI=1S/C15H25N3O2/c1-12-6-7-13(11-17-12)10-16-8-9-18(5)14(19)20-15(2,3)4/h6-7,11,16H,8-10H2,1-5H3. The first-order valence-electron chi connectivity index (χ1n) is 6.84. The van der Waals surface area contributed by atoms with Gasteiger partial charge in [-0.1, -0.05) is 6.07 Å². The molecule has 0 aliphatic heterocycles. The molecule has 5 nitrogen and oxygen atoms in total. The van der Waals surface area contributed by atoms with Crippen molar-refractivity contribution in [1.29, 1.82) is 0 Å². The smallest absolute Gasteiger partial charge is 0.410 e. The van der Waals surface area contributed by atoms with Crippen molar-refractivity contribution in [3.05, 3.63) is 29.6 Å². The van der Waals surface area contributed by atoms with Gasteiger partial charge in [-0.05, 0) is 39.3 Å². The fourth-order valence-electron chi connectivity index (χ4n) is 1.51. The zero-order valence-electron chi connectivity index (χ0n) is 13.1. The summed E-state index contributed by atoms with van der Waals surface area (Å²) in [5.74, 6) is 0. The number of nitrogens with zero attached hydrogens (tertiary/aromatic N) is 2. The Morgan fingerprint density at radius 1 is 1.40 bits per heavy atom. The first-order valence-corrected chi connectivity index (χ1v) is 6.84. The zero-order chi connectivity index (χ0) is 15.2. The molecule has 0 atom stereocenters. The van der Waals surface area contributed by atoms with Crippen LogP contribution < -0.4 is 5.32 Å². The molecule has 20 heavy (non-hydrogen) atoms. The SMILES string of the molecule is Cc1ccc(CNCCN(C)C(=O)OC(C)(C)C)cn1. The first-order chi connectivity index (χ1) is 9.28. The van der Waals surface area contributed by atoms with Crippen molar-refractivity contribution in [1.82, 2.24) is 15.2 Å². The first kappa shape index (κ1) is 16.4. The van der Waals surface area contributed by atoms with Crippen molar-refractivity contribution in [2.75, 3.05) is 20.1 Å². The van der Waals surface area contributed by atoms with Crippen LogP contribution >= 0.6 is 0 Å². The zero-order valence-corrected chi connectivity index (χ0v) is 13.1. The Balaban J connectivity index is 2.23. The summed E-state index contributed by atoms with van der Waals surface area (Å²) >= 11 is 0. The Morgan fingerprint density at radius 3 is 2.65 bits per heavy atom. The van der Waals surface area contributed by atoms with Crippen LogP contribution in [-0.2, 0) is 11.3 Å². The number of aromatic nitrogens is 1. The minimum atomic E-state index is -0.452. The number of carbonyl (C=O) groups excluding carboxylic acids is 1. The molecule has 1 amide bonds. The van der Waals surface area contributed by atoms with Crippen molar-refractivity contribution < 1.29 is 9.53 Å². The molecule has 0 saturated heterocycles. The van der Waals surface area contributed by atoms with E-state index >= 15 is 0 Å². The van der Waals surface area contributed by atoms with Gasteiger partial charge in [-0.3, -0.25) is 4.98 Å². The number of carbonyl (C=O) groups is 1. The summed E-state index contributed by atoms with van der Waals surface area (Å²) in [4.78, 5) is 17.5. The number of amides is 1. The molecule has 0 radical (unpaired) electrons. The molecule has 0 saturated carbocycles. The molecule has 5 heteroatoms. The second kappa shape index (κ2) is 7.24. The molecule has 1 aromatic heterocycles. The molecule has 1 aromatic rings. The van der Waals surface area contributed by atoms with E-state index in [4.69, 9.17) is 4.74 Å². The highest BCUT2D eigenvalue weighted by Gasteiger charge is 2.18. The number of rotatable bonds is 5. The minimum Gasteiger partial charge on any atom is -0.444 e. The molecular formula is C15H25N3O2. The summed E-state index contributed by atoms with van der Waals surface area (Å²) in [6.45, 7) is 9.62. The highest BCUT2D eigenvalue weighted by atomic mass is 16.6. The summed E-state index contributed by atoms with van der Waals surface area (Å²) in [7, 11) is 1.74. The van der Waals surface area contributed by atoms with Gasteiger partial charge in [-0.15, -0.1) is 0 Å². The third kappa shape index (κ3) is 6.52. The Bertz CT molecular complexity index is 424. The van der Waals surface area contributed by atoms with Gasteiger partial charge in [-0.25, -0.2) is 4.79 Å². The van der Waals surface area contributed by atoms with Crippen LogP contribution in [0.25, 0.3) is 0 Å². The van der Waals surface area contributed by atoms with E-state index in [0.717, 1.165) is 17.8 Å². The van der Waals surface area contributed by atoms with Gasteiger partial charge in [0.25, 0.3) is 0 Å². The van der Waals surface area contributed by atoms with Gasteiger partial charge in [0, 0.05) is 38.6 Å². The van der Waals surface area contributed by atoms with Crippen molar-refractivity contribution in [2.45, 2.75) is 39.8 Å². The van der Waals surface area contributed by atoms with E-state index in [0.29, 0.717) is 13.1 Å². The number of likely N-dealkylation sites (N-methyl/N-ethyl adjacent to an activating group) is 1. The minimum absolute atomic E-state index is 0.295. The molecule has 0 bridgehead atoms. The van der Waals surface area contributed by atoms with Crippen LogP contribution in [-0.4, -0.2) is 41.7 Å². The summed E-state index contributed by atoms with van der Waals surface area (Å²) in [6.07, 6.45) is 1.57. The second-order valence-corrected chi connectivity index (χ2v) is 5.89. The van der Waals surface area contributed by atoms with Crippen LogP contribution in [0, 0.1) is 6.92 Å². The van der Waals surface area contributed by atoms with Crippen molar-refractivity contribution in [3.8, 4) is 0 Å². The van der Waals surface area contributed by atoms with E-state index in [1.807, 2.05) is 46.0 Å². The number of aryl methyl sites for hydroxylation is 1. The van der Waals surface area contributed by atoms with E-state index in [1.54, 1.807) is 11.9 Å². The van der Waals surface area contributed by atoms with Crippen LogP contribution in [0.4, 0.5) is 4.79 Å². The lowest BCUT2D eigenvalue weighted by atomic mass is 10.2. The molecule has 1 heterocycles. The third-order valence-electron chi connectivity index (χ3n) is 2.63. The van der Waals surface area contributed by atoms with Crippen LogP contribution in [0.3, 0.4) is 0 Å². The van der Waals surface area contributed by atoms with E-state index in [9.17, 15) is 4.79 Å². The molecule has 1 rings (SSSR count). The van der Waals surface area contributed by atoms with Crippen molar-refractivity contribution in [3.63, 3.8) is 0 Å². The van der Waals surface area contributed by atoms with E-state index in [-0.39, 0.29) is 6.09 Å². The van der Waals surface area contributed by atoms with Gasteiger partial charge in [0.15, 0.2) is 0 Å². The average molecular weight is 279 g/mol. The third-order valence-corrected chi connectivity index (χ3v) is 2.63. The maximum Gasteiger partial charge on any atom is 0.410 e. The largest absolute Gasteiger partial charge is 0.444 e. The van der Waals surface area contributed by atoms with Crippen molar-refractivity contribution >= 4 is 6.09 Å². The number of hydrogen-bond acceptors (Lipinski definition) is 4. The lowest BCUT2D eigenvalue weighted by Gasteiger charge is -2.24. The quantitative estimate of drug-likeness (QED) is 0.841. The lowest BCUT2D eigenvalue weighted by molar-refractivity contribution is 0.0300. The number of ether oxygens (including phenoxy) is 1. The molecule has 112 valence electrons. The predicted molar refractivity (Wildman–Crippen MR) is 79.5 cm³/mol. The summed E-state index contributed by atoms with van der Waals surface area (Å²) in [5.41, 5.74) is 1.70. The molecule has 0 fully saturated rings. The summed E-state index contributed by atoms with van der Waals surface area (Å²) in [5, 5.41) is 3.28. The molecule has 0 aliphatic rings. The van der Waals surface area contributed by atoms with E-state index in [1.165, 1.54) is 0 Å². The Hall–Kier alpha value is -1.62. The van der Waals surface area contributed by atoms with E-state index < -0.39 is 5.60 Å². The number of pyridine rings is 1. The highest BCUT2D eigenvalue weighted by molar-refractivity contribution is 5.67. The molecule has 0 spiro atoms. The number of nitrogens with one attached hydrogen (secondary N) is 1. The van der Waals surface area contributed by atoms with Gasteiger partial charge < -0.3 is 15.0 Å². The normalized spacial score (nSPS) is 11.2. The number of hydrogen-bond donors (Lipinski definition) is 1. The monoisotopic (exact) mass is 279 g/mol. The average Bonchev–Trinajstić information content (AvgIpc) is 2.34. The van der Waals surface area contributed by atoms with Crippen molar-refractivity contribution in [2.24, 2.45) is 0 Å². The highest BCUT2D eigenvalue weighted by Crippen LogP contribution is 2.08. The maximum absolute atomic E-state index is 11.7. The van der Waals surface area contributed by atoms with Gasteiger partial charge in [0.1, 0.15) is 5.60 Å². The predicted octanol–water partition coefficient (Wildman–Crippen LogP) is 2.35. The molecule has 1 N–H and O–H groups in total. The van der Waals surface area contributed by atoms with Gasteiger partial charge in [0.05, 0.1) is 0 Å². The fourth-order valence-corrected chi connectivity index (χ4v) is 1.51.